The van der Waals surface area contributed by atoms with Crippen molar-refractivity contribution in [2.24, 2.45) is 0 Å². The van der Waals surface area contributed by atoms with E-state index in [1.165, 1.54) is 49.7 Å². The van der Waals surface area contributed by atoms with Gasteiger partial charge in [0.2, 0.25) is 0 Å². The third-order valence-electron chi connectivity index (χ3n) is 7.37. The first-order chi connectivity index (χ1) is 17.9. The van der Waals surface area contributed by atoms with Crippen molar-refractivity contribution < 1.29 is 0 Å². The van der Waals surface area contributed by atoms with Gasteiger partial charge >= 0.3 is 0 Å². The van der Waals surface area contributed by atoms with Crippen LogP contribution in [0.5, 0.6) is 0 Å². The predicted molar refractivity (Wildman–Crippen MR) is 150 cm³/mol. The van der Waals surface area contributed by atoms with Crippen LogP contribution in [0.2, 0.25) is 0 Å². The molecule has 0 saturated heterocycles. The van der Waals surface area contributed by atoms with E-state index in [1.807, 2.05) is 6.20 Å². The van der Waals surface area contributed by atoms with E-state index in [-0.39, 0.29) is 0 Å². The average molecular weight is 460 g/mol. The zero-order valence-electron chi connectivity index (χ0n) is 19.5. The number of anilines is 3. The van der Waals surface area contributed by atoms with E-state index in [2.05, 4.69) is 136 Å². The molecule has 0 saturated carbocycles. The number of nitrogens with zero attached hydrogens (tertiary/aromatic N) is 3. The van der Waals surface area contributed by atoms with Gasteiger partial charge < -0.3 is 9.47 Å². The van der Waals surface area contributed by atoms with E-state index in [1.54, 1.807) is 0 Å². The summed E-state index contributed by atoms with van der Waals surface area (Å²) in [6.45, 7) is 0. The van der Waals surface area contributed by atoms with Gasteiger partial charge in [0.05, 0.1) is 27.9 Å². The first kappa shape index (κ1) is 19.4. The van der Waals surface area contributed by atoms with E-state index in [4.69, 9.17) is 0 Å². The standard InChI is InChI=1S/C33H21N3/c1-4-12-29-24(8-1)25-9-2-5-13-30(25)35(29)22-16-18-23(19-17-22)36-31-14-6-3-10-26(31)27-20-21-34-28-11-7-15-32(36)33(27)28/h1-21H. The van der Waals surface area contributed by atoms with Crippen LogP contribution in [0.15, 0.2) is 128 Å². The molecule has 0 spiro atoms. The number of aromatic nitrogens is 2. The normalized spacial score (nSPS) is 12.4. The second-order valence-corrected chi connectivity index (χ2v) is 9.27. The highest BCUT2D eigenvalue weighted by atomic mass is 15.2. The summed E-state index contributed by atoms with van der Waals surface area (Å²) in [6.07, 6.45) is 1.91. The topological polar surface area (TPSA) is 21.1 Å². The number of pyridine rings is 1. The minimum atomic E-state index is 1.02. The summed E-state index contributed by atoms with van der Waals surface area (Å²) in [5, 5.41) is 3.75. The minimum absolute atomic E-state index is 1.02. The van der Waals surface area contributed by atoms with Crippen LogP contribution in [-0.4, -0.2) is 9.55 Å². The van der Waals surface area contributed by atoms with Crippen molar-refractivity contribution in [1.29, 1.82) is 0 Å². The summed E-state index contributed by atoms with van der Waals surface area (Å²) in [5.74, 6) is 0. The van der Waals surface area contributed by atoms with Gasteiger partial charge in [-0.3, -0.25) is 4.98 Å². The Morgan fingerprint density at radius 2 is 1.11 bits per heavy atom. The lowest BCUT2D eigenvalue weighted by atomic mass is 9.93. The van der Waals surface area contributed by atoms with Crippen LogP contribution in [0.3, 0.4) is 0 Å². The third-order valence-corrected chi connectivity index (χ3v) is 7.37. The third kappa shape index (κ3) is 2.60. The fourth-order valence-electron chi connectivity index (χ4n) is 5.85. The Labute approximate surface area is 208 Å². The molecule has 0 amide bonds. The van der Waals surface area contributed by atoms with Crippen molar-refractivity contribution in [2.45, 2.75) is 0 Å². The molecule has 3 nitrogen and oxygen atoms in total. The van der Waals surface area contributed by atoms with Crippen molar-refractivity contribution in [3.63, 3.8) is 0 Å². The van der Waals surface area contributed by atoms with E-state index in [0.29, 0.717) is 0 Å². The molecule has 3 heterocycles. The first-order valence-electron chi connectivity index (χ1n) is 12.2. The van der Waals surface area contributed by atoms with Crippen molar-refractivity contribution >= 4 is 49.8 Å². The molecule has 0 unspecified atom stereocenters. The van der Waals surface area contributed by atoms with Crippen LogP contribution in [0.4, 0.5) is 17.1 Å². The lowest BCUT2D eigenvalue weighted by Gasteiger charge is -2.33. The lowest BCUT2D eigenvalue weighted by molar-refractivity contribution is 1.17. The van der Waals surface area contributed by atoms with E-state index in [9.17, 15) is 0 Å². The smallest absolute Gasteiger partial charge is 0.0729 e. The van der Waals surface area contributed by atoms with Crippen LogP contribution in [-0.2, 0) is 0 Å². The first-order valence-corrected chi connectivity index (χ1v) is 12.2. The highest BCUT2D eigenvalue weighted by molar-refractivity contribution is 6.13. The zero-order chi connectivity index (χ0) is 23.6. The maximum absolute atomic E-state index is 4.66. The van der Waals surface area contributed by atoms with Gasteiger partial charge in [-0.1, -0.05) is 60.7 Å². The summed E-state index contributed by atoms with van der Waals surface area (Å²) < 4.78 is 2.36. The van der Waals surface area contributed by atoms with Gasteiger partial charge in [-0.05, 0) is 66.2 Å². The van der Waals surface area contributed by atoms with Crippen LogP contribution in [0, 0.1) is 0 Å². The molecule has 0 bridgehead atoms. The van der Waals surface area contributed by atoms with E-state index >= 15 is 0 Å². The number of hydrogen-bond acceptors (Lipinski definition) is 2. The summed E-state index contributed by atoms with van der Waals surface area (Å²) >= 11 is 0. The van der Waals surface area contributed by atoms with Crippen LogP contribution >= 0.6 is 0 Å². The molecule has 0 radical (unpaired) electrons. The molecule has 0 atom stereocenters. The Bertz CT molecular complexity index is 1890. The van der Waals surface area contributed by atoms with Gasteiger partial charge in [0.25, 0.3) is 0 Å². The van der Waals surface area contributed by atoms with Crippen LogP contribution in [0.25, 0.3) is 49.5 Å². The van der Waals surface area contributed by atoms with Crippen molar-refractivity contribution in [1.82, 2.24) is 9.55 Å². The molecule has 7 aromatic rings. The fraction of sp³-hybridized carbons (Fsp3) is 0. The summed E-state index contributed by atoms with van der Waals surface area (Å²) in [4.78, 5) is 7.02. The maximum Gasteiger partial charge on any atom is 0.0729 e. The van der Waals surface area contributed by atoms with Gasteiger partial charge in [-0.2, -0.15) is 0 Å². The number of rotatable bonds is 2. The molecule has 5 aromatic carbocycles. The van der Waals surface area contributed by atoms with E-state index < -0.39 is 0 Å². The van der Waals surface area contributed by atoms with Gasteiger partial charge in [-0.15, -0.1) is 0 Å². The average Bonchev–Trinajstić information content (AvgIpc) is 3.28. The predicted octanol–water partition coefficient (Wildman–Crippen LogP) is 8.78. The fourth-order valence-corrected chi connectivity index (χ4v) is 5.85. The Hall–Kier alpha value is -4.89. The molecule has 168 valence electrons. The van der Waals surface area contributed by atoms with Gasteiger partial charge in [0.1, 0.15) is 0 Å². The van der Waals surface area contributed by atoms with Gasteiger partial charge in [-0.25, -0.2) is 0 Å². The SMILES string of the molecule is c1ccc2c(c1)-c1ccnc3cccc(c13)N2c1ccc(-n2c3ccccc3c3ccccc32)cc1. The molecule has 1 aliphatic heterocycles. The number of benzene rings is 5. The molecule has 0 N–H and O–H groups in total. The number of hydrogen-bond donors (Lipinski definition) is 0. The molecule has 8 rings (SSSR count). The monoisotopic (exact) mass is 459 g/mol. The zero-order valence-corrected chi connectivity index (χ0v) is 19.5. The molecule has 1 aliphatic rings. The molecule has 0 fully saturated rings. The molecule has 3 heteroatoms. The Morgan fingerprint density at radius 1 is 0.472 bits per heavy atom. The highest BCUT2D eigenvalue weighted by Gasteiger charge is 2.25. The van der Waals surface area contributed by atoms with Crippen LogP contribution < -0.4 is 4.90 Å². The van der Waals surface area contributed by atoms with Gasteiger partial charge in [0.15, 0.2) is 0 Å². The Kier molecular flexibility index (Phi) is 3.94. The second kappa shape index (κ2) is 7.30. The molecular formula is C33H21N3. The summed E-state index contributed by atoms with van der Waals surface area (Å²) in [6, 6.07) is 43.4. The summed E-state index contributed by atoms with van der Waals surface area (Å²) in [5.41, 5.74) is 10.6. The molecule has 0 aliphatic carbocycles. The molecular weight excluding hydrogens is 438 g/mol. The lowest BCUT2D eigenvalue weighted by Crippen LogP contribution is -2.15. The van der Waals surface area contributed by atoms with Crippen molar-refractivity contribution in [3.8, 4) is 16.8 Å². The van der Waals surface area contributed by atoms with Crippen LogP contribution in [0.1, 0.15) is 0 Å². The summed E-state index contributed by atoms with van der Waals surface area (Å²) in [7, 11) is 0. The maximum atomic E-state index is 4.66. The quantitative estimate of drug-likeness (QED) is 0.258. The van der Waals surface area contributed by atoms with E-state index in [0.717, 1.165) is 16.9 Å². The largest absolute Gasteiger partial charge is 0.309 e. The Morgan fingerprint density at radius 3 is 1.89 bits per heavy atom. The van der Waals surface area contributed by atoms with Crippen molar-refractivity contribution in [3.05, 3.63) is 128 Å². The van der Waals surface area contributed by atoms with Gasteiger partial charge in [0, 0.05) is 39.3 Å². The minimum Gasteiger partial charge on any atom is -0.309 e. The molecule has 2 aromatic heterocycles. The number of para-hydroxylation sites is 3. The second-order valence-electron chi connectivity index (χ2n) is 9.27. The Balaban J connectivity index is 1.34. The van der Waals surface area contributed by atoms with Crippen molar-refractivity contribution in [2.75, 3.05) is 4.90 Å². The number of fused-ring (bicyclic) bond motifs is 5. The molecule has 36 heavy (non-hydrogen) atoms. The highest BCUT2D eigenvalue weighted by Crippen LogP contribution is 2.50.